The number of hydrogen-bond acceptors (Lipinski definition) is 8. The lowest BCUT2D eigenvalue weighted by Crippen LogP contribution is -2.20. The third kappa shape index (κ3) is 4.53. The summed E-state index contributed by atoms with van der Waals surface area (Å²) in [4.78, 5) is 13.2. The predicted molar refractivity (Wildman–Crippen MR) is 141 cm³/mol. The SMILES string of the molecule is C.Nc1ccc(-c2cc(Oc3ccc4nc(N[C@@H]5c6ccccc6C[C@@H]5O)sc4c3)ccn2)cn1. The Hall–Kier alpha value is -4.01. The molecule has 5 aromatic rings. The van der Waals surface area contributed by atoms with E-state index in [4.69, 9.17) is 15.5 Å². The number of thiazole rings is 1. The van der Waals surface area contributed by atoms with Gasteiger partial charge in [0.1, 0.15) is 17.3 Å². The van der Waals surface area contributed by atoms with E-state index >= 15 is 0 Å². The first-order valence-corrected chi connectivity index (χ1v) is 11.7. The molecule has 176 valence electrons. The van der Waals surface area contributed by atoms with Crippen LogP contribution >= 0.6 is 11.3 Å². The number of anilines is 2. The van der Waals surface area contributed by atoms with E-state index in [1.165, 1.54) is 5.56 Å². The Morgan fingerprint density at radius 1 is 1.00 bits per heavy atom. The Morgan fingerprint density at radius 2 is 1.86 bits per heavy atom. The topological polar surface area (TPSA) is 106 Å². The maximum absolute atomic E-state index is 10.6. The van der Waals surface area contributed by atoms with Gasteiger partial charge in [-0.25, -0.2) is 9.97 Å². The lowest BCUT2D eigenvalue weighted by atomic mass is 10.1. The molecule has 2 aromatic carbocycles. The van der Waals surface area contributed by atoms with Crippen molar-refractivity contribution in [2.24, 2.45) is 0 Å². The number of nitrogens with two attached hydrogens (primary N) is 1. The van der Waals surface area contributed by atoms with E-state index in [2.05, 4.69) is 27.4 Å². The maximum atomic E-state index is 10.6. The van der Waals surface area contributed by atoms with Gasteiger partial charge in [-0.3, -0.25) is 4.98 Å². The number of aliphatic hydroxyl groups is 1. The van der Waals surface area contributed by atoms with Crippen LogP contribution in [0, 0.1) is 0 Å². The molecule has 0 fully saturated rings. The zero-order valence-electron chi connectivity index (χ0n) is 18.1. The van der Waals surface area contributed by atoms with Gasteiger partial charge in [0.2, 0.25) is 0 Å². The van der Waals surface area contributed by atoms with Gasteiger partial charge in [-0.1, -0.05) is 43.0 Å². The first-order valence-electron chi connectivity index (χ1n) is 10.9. The first-order chi connectivity index (χ1) is 16.6. The second-order valence-corrected chi connectivity index (χ2v) is 9.22. The van der Waals surface area contributed by atoms with Gasteiger partial charge >= 0.3 is 0 Å². The van der Waals surface area contributed by atoms with Crippen molar-refractivity contribution in [1.82, 2.24) is 15.0 Å². The van der Waals surface area contributed by atoms with Crippen molar-refractivity contribution < 1.29 is 9.84 Å². The first kappa shape index (κ1) is 22.8. The number of rotatable bonds is 5. The number of ether oxygens (including phenoxy) is 1. The van der Waals surface area contributed by atoms with Crippen LogP contribution in [0.1, 0.15) is 24.6 Å². The van der Waals surface area contributed by atoms with Crippen LogP contribution in [0.5, 0.6) is 11.5 Å². The average Bonchev–Trinajstić information content (AvgIpc) is 3.39. The molecule has 3 heterocycles. The highest BCUT2D eigenvalue weighted by molar-refractivity contribution is 7.22. The number of aromatic nitrogens is 3. The largest absolute Gasteiger partial charge is 0.457 e. The van der Waals surface area contributed by atoms with Crippen molar-refractivity contribution >= 4 is 32.5 Å². The molecule has 0 aliphatic heterocycles. The third-order valence-corrected chi connectivity index (χ3v) is 6.84. The third-order valence-electron chi connectivity index (χ3n) is 5.89. The Bertz CT molecular complexity index is 1480. The Labute approximate surface area is 207 Å². The summed E-state index contributed by atoms with van der Waals surface area (Å²) >= 11 is 1.54. The molecule has 3 aromatic heterocycles. The Morgan fingerprint density at radius 3 is 2.71 bits per heavy atom. The fraction of sp³-hybridized carbons (Fsp3) is 0.148. The van der Waals surface area contributed by atoms with Gasteiger partial charge in [-0.2, -0.15) is 0 Å². The highest BCUT2D eigenvalue weighted by atomic mass is 32.1. The summed E-state index contributed by atoms with van der Waals surface area (Å²) in [5.41, 5.74) is 10.5. The van der Waals surface area contributed by atoms with Crippen LogP contribution in [-0.4, -0.2) is 26.2 Å². The highest BCUT2D eigenvalue weighted by Gasteiger charge is 2.31. The molecule has 2 atom stereocenters. The van der Waals surface area contributed by atoms with Gasteiger partial charge in [0.05, 0.1) is 28.1 Å². The fourth-order valence-electron chi connectivity index (χ4n) is 4.24. The lowest BCUT2D eigenvalue weighted by Gasteiger charge is -2.16. The van der Waals surface area contributed by atoms with Crippen LogP contribution in [0.15, 0.2) is 79.1 Å². The zero-order valence-corrected chi connectivity index (χ0v) is 18.9. The van der Waals surface area contributed by atoms with E-state index in [1.807, 2.05) is 48.5 Å². The highest BCUT2D eigenvalue weighted by Crippen LogP contribution is 2.37. The Balaban J connectivity index is 0.00000253. The number of fused-ring (bicyclic) bond motifs is 2. The molecule has 0 unspecified atom stereocenters. The van der Waals surface area contributed by atoms with Crippen molar-refractivity contribution in [3.63, 3.8) is 0 Å². The monoisotopic (exact) mass is 483 g/mol. The molecule has 0 amide bonds. The van der Waals surface area contributed by atoms with E-state index in [0.717, 1.165) is 32.2 Å². The van der Waals surface area contributed by atoms with E-state index in [1.54, 1.807) is 29.8 Å². The maximum Gasteiger partial charge on any atom is 0.184 e. The van der Waals surface area contributed by atoms with Gasteiger partial charge in [0.25, 0.3) is 0 Å². The van der Waals surface area contributed by atoms with E-state index < -0.39 is 6.10 Å². The van der Waals surface area contributed by atoms with Crippen molar-refractivity contribution in [1.29, 1.82) is 0 Å². The minimum atomic E-state index is -0.472. The van der Waals surface area contributed by atoms with E-state index in [-0.39, 0.29) is 13.5 Å². The molecule has 4 N–H and O–H groups in total. The normalized spacial score (nSPS) is 16.5. The molecule has 0 saturated carbocycles. The Kier molecular flexibility index (Phi) is 6.07. The molecule has 35 heavy (non-hydrogen) atoms. The summed E-state index contributed by atoms with van der Waals surface area (Å²) in [6.07, 6.45) is 3.58. The molecular weight excluding hydrogens is 458 g/mol. The van der Waals surface area contributed by atoms with Gasteiger partial charge in [-0.05, 0) is 41.5 Å². The molecule has 0 radical (unpaired) electrons. The van der Waals surface area contributed by atoms with Gasteiger partial charge in [0.15, 0.2) is 5.13 Å². The van der Waals surface area contributed by atoms with Crippen molar-refractivity contribution in [3.8, 4) is 22.8 Å². The number of pyridine rings is 2. The summed E-state index contributed by atoms with van der Waals surface area (Å²) in [7, 11) is 0. The fourth-order valence-corrected chi connectivity index (χ4v) is 5.17. The molecule has 1 aliphatic carbocycles. The smallest absolute Gasteiger partial charge is 0.184 e. The van der Waals surface area contributed by atoms with Crippen molar-refractivity contribution in [2.75, 3.05) is 11.1 Å². The summed E-state index contributed by atoms with van der Waals surface area (Å²) in [6.45, 7) is 0. The standard InChI is InChI=1S/C26H21N5O2S.CH4/c27-24-8-5-16(14-29-24)21-12-18(9-10-28-21)33-17-6-7-20-23(13-17)34-26(30-20)31-25-19-4-2-1-3-15(19)11-22(25)32;/h1-10,12-14,22,25,32H,11H2,(H2,27,29)(H,30,31);1H4/t22-,25+;/m0./s1. The molecule has 6 rings (SSSR count). The quantitative estimate of drug-likeness (QED) is 0.289. The van der Waals surface area contributed by atoms with Crippen LogP contribution in [0.2, 0.25) is 0 Å². The summed E-state index contributed by atoms with van der Waals surface area (Å²) in [6, 6.07) is 21.1. The van der Waals surface area contributed by atoms with Crippen LogP contribution < -0.4 is 15.8 Å². The molecular formula is C27H25N5O2S. The molecule has 8 heteroatoms. The number of aliphatic hydroxyl groups excluding tert-OH is 1. The van der Waals surface area contributed by atoms with Gasteiger partial charge in [-0.15, -0.1) is 0 Å². The van der Waals surface area contributed by atoms with E-state index in [9.17, 15) is 5.11 Å². The second-order valence-electron chi connectivity index (χ2n) is 8.19. The average molecular weight is 484 g/mol. The molecule has 1 aliphatic rings. The zero-order chi connectivity index (χ0) is 23.1. The van der Waals surface area contributed by atoms with Gasteiger partial charge < -0.3 is 20.9 Å². The summed E-state index contributed by atoms with van der Waals surface area (Å²) in [5, 5.41) is 14.8. The molecule has 0 saturated heterocycles. The van der Waals surface area contributed by atoms with Crippen LogP contribution in [0.4, 0.5) is 10.9 Å². The van der Waals surface area contributed by atoms with Crippen LogP contribution in [0.3, 0.4) is 0 Å². The van der Waals surface area contributed by atoms with Crippen LogP contribution in [-0.2, 0) is 6.42 Å². The van der Waals surface area contributed by atoms with Crippen molar-refractivity contribution in [2.45, 2.75) is 26.0 Å². The minimum absolute atomic E-state index is 0. The second kappa shape index (κ2) is 9.32. The number of nitrogen functional groups attached to an aromatic ring is 1. The minimum Gasteiger partial charge on any atom is -0.457 e. The number of nitrogens with one attached hydrogen (secondary N) is 1. The lowest BCUT2D eigenvalue weighted by molar-refractivity contribution is 0.166. The van der Waals surface area contributed by atoms with Crippen molar-refractivity contribution in [3.05, 3.63) is 90.3 Å². The number of hydrogen-bond donors (Lipinski definition) is 3. The molecule has 7 nitrogen and oxygen atoms in total. The number of nitrogens with zero attached hydrogens (tertiary/aromatic N) is 3. The molecule has 0 spiro atoms. The van der Waals surface area contributed by atoms with Crippen LogP contribution in [0.25, 0.3) is 21.5 Å². The predicted octanol–water partition coefficient (Wildman–Crippen LogP) is 5.83. The summed E-state index contributed by atoms with van der Waals surface area (Å²) in [5.74, 6) is 1.85. The number of benzene rings is 2. The molecule has 0 bridgehead atoms. The van der Waals surface area contributed by atoms with Gasteiger partial charge in [0, 0.05) is 36.5 Å². The van der Waals surface area contributed by atoms with E-state index in [0.29, 0.717) is 23.7 Å². The summed E-state index contributed by atoms with van der Waals surface area (Å²) < 4.78 is 7.11.